The van der Waals surface area contributed by atoms with E-state index in [2.05, 4.69) is 24.0 Å². The van der Waals surface area contributed by atoms with Crippen LogP contribution in [-0.2, 0) is 0 Å². The van der Waals surface area contributed by atoms with Crippen LogP contribution in [0.5, 0.6) is 0 Å². The summed E-state index contributed by atoms with van der Waals surface area (Å²) in [7, 11) is 0. The van der Waals surface area contributed by atoms with Crippen LogP contribution in [0.3, 0.4) is 0 Å². The Kier molecular flexibility index (Phi) is 4.35. The average Bonchev–Trinajstić information content (AvgIpc) is 2.65. The smallest absolute Gasteiger partial charge is 0.0474 e. The number of aliphatic hydroxyl groups excluding tert-OH is 1. The Morgan fingerprint density at radius 3 is 2.80 bits per heavy atom. The molecule has 0 aromatic rings. The fourth-order valence-electron chi connectivity index (χ4n) is 2.88. The quantitative estimate of drug-likeness (QED) is 0.776. The van der Waals surface area contributed by atoms with E-state index in [1.54, 1.807) is 0 Å². The van der Waals surface area contributed by atoms with E-state index in [1.807, 2.05) is 0 Å². The standard InChI is InChI=1S/C12H23NOS/c1-9-6-11(8-15-9)13-12-5-3-2-4-10(12)7-14/h9-14H,2-8H2,1H3. The highest BCUT2D eigenvalue weighted by molar-refractivity contribution is 8.00. The predicted octanol–water partition coefficient (Wildman–Crippen LogP) is 2.02. The molecule has 0 radical (unpaired) electrons. The Bertz CT molecular complexity index is 200. The summed E-state index contributed by atoms with van der Waals surface area (Å²) in [6.45, 7) is 2.68. The van der Waals surface area contributed by atoms with Gasteiger partial charge in [-0.05, 0) is 25.2 Å². The fraction of sp³-hybridized carbons (Fsp3) is 1.00. The van der Waals surface area contributed by atoms with E-state index >= 15 is 0 Å². The highest BCUT2D eigenvalue weighted by Crippen LogP contribution is 2.29. The van der Waals surface area contributed by atoms with Crippen LogP contribution in [0.1, 0.15) is 39.0 Å². The summed E-state index contributed by atoms with van der Waals surface area (Å²) >= 11 is 2.08. The first-order valence-corrected chi connectivity index (χ1v) is 7.33. The molecule has 1 aliphatic carbocycles. The van der Waals surface area contributed by atoms with E-state index < -0.39 is 0 Å². The Labute approximate surface area is 97.2 Å². The van der Waals surface area contributed by atoms with Crippen LogP contribution in [0, 0.1) is 5.92 Å². The third kappa shape index (κ3) is 3.11. The molecule has 0 aromatic carbocycles. The maximum Gasteiger partial charge on any atom is 0.0474 e. The number of aliphatic hydroxyl groups is 1. The predicted molar refractivity (Wildman–Crippen MR) is 66.3 cm³/mol. The molecule has 2 aliphatic rings. The van der Waals surface area contributed by atoms with Crippen molar-refractivity contribution in [1.82, 2.24) is 5.32 Å². The molecule has 0 amide bonds. The highest BCUT2D eigenvalue weighted by atomic mass is 32.2. The van der Waals surface area contributed by atoms with Gasteiger partial charge in [0.05, 0.1) is 0 Å². The zero-order valence-corrected chi connectivity index (χ0v) is 10.4. The van der Waals surface area contributed by atoms with Gasteiger partial charge in [0.1, 0.15) is 0 Å². The first-order chi connectivity index (χ1) is 7.29. The summed E-state index contributed by atoms with van der Waals surface area (Å²) in [5.74, 6) is 1.77. The van der Waals surface area contributed by atoms with Gasteiger partial charge in [0.2, 0.25) is 0 Å². The fourth-order valence-corrected chi connectivity index (χ4v) is 4.04. The number of hydrogen-bond donors (Lipinski definition) is 2. The second-order valence-corrected chi connectivity index (χ2v) is 6.55. The van der Waals surface area contributed by atoms with Crippen molar-refractivity contribution in [1.29, 1.82) is 0 Å². The number of nitrogens with one attached hydrogen (secondary N) is 1. The first kappa shape index (κ1) is 11.7. The van der Waals surface area contributed by atoms with Crippen molar-refractivity contribution in [2.45, 2.75) is 56.4 Å². The molecular weight excluding hydrogens is 206 g/mol. The lowest BCUT2D eigenvalue weighted by Gasteiger charge is -2.33. The van der Waals surface area contributed by atoms with Gasteiger partial charge in [0, 0.05) is 29.7 Å². The van der Waals surface area contributed by atoms with E-state index in [0.717, 1.165) is 5.25 Å². The number of hydrogen-bond acceptors (Lipinski definition) is 3. The maximum absolute atomic E-state index is 9.34. The zero-order valence-electron chi connectivity index (χ0n) is 9.61. The molecule has 0 bridgehead atoms. The van der Waals surface area contributed by atoms with Crippen molar-refractivity contribution in [2.75, 3.05) is 12.4 Å². The Morgan fingerprint density at radius 2 is 2.13 bits per heavy atom. The van der Waals surface area contributed by atoms with Crippen molar-refractivity contribution < 1.29 is 5.11 Å². The molecule has 0 spiro atoms. The summed E-state index contributed by atoms with van der Waals surface area (Å²) in [4.78, 5) is 0. The first-order valence-electron chi connectivity index (χ1n) is 6.28. The molecule has 15 heavy (non-hydrogen) atoms. The zero-order chi connectivity index (χ0) is 10.7. The van der Waals surface area contributed by atoms with E-state index in [9.17, 15) is 5.11 Å². The molecule has 0 aromatic heterocycles. The van der Waals surface area contributed by atoms with Crippen LogP contribution in [-0.4, -0.2) is 34.8 Å². The van der Waals surface area contributed by atoms with Gasteiger partial charge >= 0.3 is 0 Å². The van der Waals surface area contributed by atoms with Gasteiger partial charge in [0.15, 0.2) is 0 Å². The summed E-state index contributed by atoms with van der Waals surface area (Å²) in [6, 6.07) is 1.28. The average molecular weight is 229 g/mol. The van der Waals surface area contributed by atoms with Gasteiger partial charge in [-0.15, -0.1) is 0 Å². The minimum atomic E-state index is 0.368. The Hall–Kier alpha value is 0.270. The van der Waals surface area contributed by atoms with Gasteiger partial charge in [-0.1, -0.05) is 19.8 Å². The number of rotatable bonds is 3. The van der Waals surface area contributed by atoms with E-state index in [4.69, 9.17) is 0 Å². The van der Waals surface area contributed by atoms with Crippen LogP contribution in [0.15, 0.2) is 0 Å². The molecule has 4 atom stereocenters. The van der Waals surface area contributed by atoms with Crippen molar-refractivity contribution in [3.8, 4) is 0 Å². The summed E-state index contributed by atoms with van der Waals surface area (Å²) in [6.07, 6.45) is 6.42. The molecule has 1 aliphatic heterocycles. The van der Waals surface area contributed by atoms with Crippen LogP contribution in [0.25, 0.3) is 0 Å². The largest absolute Gasteiger partial charge is 0.396 e. The molecular formula is C12H23NOS. The SMILES string of the molecule is CC1CC(NC2CCCCC2CO)CS1. The Balaban J connectivity index is 1.81. The van der Waals surface area contributed by atoms with E-state index in [-0.39, 0.29) is 0 Å². The van der Waals surface area contributed by atoms with Gasteiger partial charge < -0.3 is 10.4 Å². The van der Waals surface area contributed by atoms with Crippen LogP contribution in [0.2, 0.25) is 0 Å². The minimum Gasteiger partial charge on any atom is -0.396 e. The van der Waals surface area contributed by atoms with E-state index in [1.165, 1.54) is 37.9 Å². The third-order valence-electron chi connectivity index (χ3n) is 3.79. The van der Waals surface area contributed by atoms with Crippen molar-refractivity contribution in [2.24, 2.45) is 5.92 Å². The normalized spacial score (nSPS) is 42.0. The highest BCUT2D eigenvalue weighted by Gasteiger charge is 2.29. The summed E-state index contributed by atoms with van der Waals surface area (Å²) in [5.41, 5.74) is 0. The molecule has 1 heterocycles. The van der Waals surface area contributed by atoms with Crippen LogP contribution in [0.4, 0.5) is 0 Å². The van der Waals surface area contributed by atoms with Gasteiger partial charge in [0.25, 0.3) is 0 Å². The molecule has 1 saturated heterocycles. The second-order valence-electron chi connectivity index (χ2n) is 5.08. The van der Waals surface area contributed by atoms with Gasteiger partial charge in [-0.2, -0.15) is 11.8 Å². The molecule has 2 fully saturated rings. The van der Waals surface area contributed by atoms with Crippen molar-refractivity contribution in [3.05, 3.63) is 0 Å². The molecule has 88 valence electrons. The molecule has 3 heteroatoms. The summed E-state index contributed by atoms with van der Waals surface area (Å²) < 4.78 is 0. The second kappa shape index (κ2) is 5.55. The van der Waals surface area contributed by atoms with Gasteiger partial charge in [-0.3, -0.25) is 0 Å². The van der Waals surface area contributed by atoms with E-state index in [0.29, 0.717) is 24.6 Å². The molecule has 1 saturated carbocycles. The Morgan fingerprint density at radius 1 is 1.33 bits per heavy atom. The van der Waals surface area contributed by atoms with Crippen molar-refractivity contribution in [3.63, 3.8) is 0 Å². The summed E-state index contributed by atoms with van der Waals surface area (Å²) in [5, 5.41) is 13.9. The molecule has 2 rings (SSSR count). The monoisotopic (exact) mass is 229 g/mol. The van der Waals surface area contributed by atoms with Crippen LogP contribution < -0.4 is 5.32 Å². The number of thioether (sulfide) groups is 1. The molecule has 2 nitrogen and oxygen atoms in total. The van der Waals surface area contributed by atoms with Crippen LogP contribution >= 0.6 is 11.8 Å². The maximum atomic E-state index is 9.34. The molecule has 2 N–H and O–H groups in total. The lowest BCUT2D eigenvalue weighted by molar-refractivity contribution is 0.147. The van der Waals surface area contributed by atoms with Gasteiger partial charge in [-0.25, -0.2) is 0 Å². The lowest BCUT2D eigenvalue weighted by atomic mass is 9.84. The minimum absolute atomic E-state index is 0.368. The third-order valence-corrected chi connectivity index (χ3v) is 5.15. The topological polar surface area (TPSA) is 32.3 Å². The van der Waals surface area contributed by atoms with Crippen molar-refractivity contribution >= 4 is 11.8 Å². The lowest BCUT2D eigenvalue weighted by Crippen LogP contribution is -2.45. The molecule has 4 unspecified atom stereocenters.